The Morgan fingerprint density at radius 1 is 1.18 bits per heavy atom. The summed E-state index contributed by atoms with van der Waals surface area (Å²) >= 11 is 0. The Labute approximate surface area is 229 Å². The molecule has 4 aromatic heterocycles. The average molecular weight is 546 g/mol. The first kappa shape index (κ1) is 26.9. The molecule has 0 bridgehead atoms. The van der Waals surface area contributed by atoms with E-state index in [-0.39, 0.29) is 12.1 Å². The van der Waals surface area contributed by atoms with Crippen LogP contribution in [0.5, 0.6) is 0 Å². The summed E-state index contributed by atoms with van der Waals surface area (Å²) in [5, 5.41) is 29.1. The minimum absolute atomic E-state index is 0.157. The van der Waals surface area contributed by atoms with Crippen molar-refractivity contribution in [1.29, 1.82) is 5.26 Å². The maximum Gasteiger partial charge on any atom is 0.255 e. The number of aromatic nitrogens is 5. The van der Waals surface area contributed by atoms with Crippen molar-refractivity contribution in [3.8, 4) is 17.5 Å². The van der Waals surface area contributed by atoms with Gasteiger partial charge in [0.05, 0.1) is 83.4 Å². The van der Waals surface area contributed by atoms with E-state index in [1.807, 2.05) is 17.0 Å². The van der Waals surface area contributed by atoms with E-state index in [1.54, 1.807) is 29.0 Å². The quantitative estimate of drug-likeness (QED) is 0.301. The second kappa shape index (κ2) is 11.2. The number of aliphatic hydroxyl groups is 1. The number of fused-ring (bicyclic) bond motifs is 1. The number of amides is 1. The number of carbonyl (C=O) groups is 1. The van der Waals surface area contributed by atoms with Crippen LogP contribution in [0.25, 0.3) is 16.9 Å². The molecule has 1 saturated heterocycles. The first-order valence-electron chi connectivity index (χ1n) is 12.7. The molecule has 12 nitrogen and oxygen atoms in total. The van der Waals surface area contributed by atoms with Crippen LogP contribution < -0.4 is 15.5 Å². The topological polar surface area (TPSA) is 154 Å². The molecule has 206 valence electrons. The number of ether oxygens (including phenoxy) is 1. The van der Waals surface area contributed by atoms with Gasteiger partial charge < -0.3 is 25.4 Å². The zero-order valence-electron chi connectivity index (χ0n) is 22.0. The number of carbonyl (C=O) groups excluding carboxylic acids is 1. The molecule has 5 rings (SSSR count). The summed E-state index contributed by atoms with van der Waals surface area (Å²) in [7, 11) is 0. The van der Waals surface area contributed by atoms with Gasteiger partial charge in [0, 0.05) is 19.3 Å². The molecular formula is C27H28FN9O3. The van der Waals surface area contributed by atoms with Gasteiger partial charge in [-0.2, -0.15) is 10.4 Å². The Morgan fingerprint density at radius 3 is 2.62 bits per heavy atom. The van der Waals surface area contributed by atoms with E-state index in [1.165, 1.54) is 26.2 Å². The molecule has 1 amide bonds. The van der Waals surface area contributed by atoms with Gasteiger partial charge in [0.2, 0.25) is 5.95 Å². The number of nitriles is 1. The predicted molar refractivity (Wildman–Crippen MR) is 145 cm³/mol. The van der Waals surface area contributed by atoms with Crippen LogP contribution in [0, 0.1) is 11.3 Å². The zero-order chi connectivity index (χ0) is 28.3. The molecule has 4 aromatic rings. The number of morpholine rings is 1. The first-order valence-corrected chi connectivity index (χ1v) is 12.7. The molecule has 3 N–H and O–H groups in total. The molecule has 1 aliphatic heterocycles. The fraction of sp³-hybridized carbons (Fsp3) is 0.333. The molecule has 0 aromatic carbocycles. The van der Waals surface area contributed by atoms with Crippen LogP contribution in [0.15, 0.2) is 49.1 Å². The molecule has 5 heterocycles. The van der Waals surface area contributed by atoms with Gasteiger partial charge in [0.25, 0.3) is 5.91 Å². The highest BCUT2D eigenvalue weighted by Gasteiger charge is 2.27. The van der Waals surface area contributed by atoms with Crippen molar-refractivity contribution in [2.45, 2.75) is 25.6 Å². The highest BCUT2D eigenvalue weighted by molar-refractivity contribution is 6.00. The monoisotopic (exact) mass is 545 g/mol. The summed E-state index contributed by atoms with van der Waals surface area (Å²) in [6.07, 6.45) is 4.40. The van der Waals surface area contributed by atoms with Gasteiger partial charge in [-0.15, -0.1) is 0 Å². The third kappa shape index (κ3) is 5.83. The summed E-state index contributed by atoms with van der Waals surface area (Å²) in [6, 6.07) is 9.08. The lowest BCUT2D eigenvalue weighted by atomic mass is 10.0. The van der Waals surface area contributed by atoms with Gasteiger partial charge >= 0.3 is 0 Å². The Hall–Kier alpha value is -4.67. The fourth-order valence-electron chi connectivity index (χ4n) is 4.13. The number of pyridine rings is 1. The van der Waals surface area contributed by atoms with Crippen LogP contribution in [0.1, 0.15) is 29.8 Å². The molecule has 40 heavy (non-hydrogen) atoms. The van der Waals surface area contributed by atoms with Crippen LogP contribution >= 0.6 is 0 Å². The van der Waals surface area contributed by atoms with Crippen molar-refractivity contribution in [1.82, 2.24) is 29.9 Å². The molecule has 1 atom stereocenters. The molecule has 0 aliphatic carbocycles. The van der Waals surface area contributed by atoms with Crippen molar-refractivity contribution < 1.29 is 19.0 Å². The van der Waals surface area contributed by atoms with Crippen LogP contribution in [0.3, 0.4) is 0 Å². The minimum Gasteiger partial charge on any atom is -0.387 e. The van der Waals surface area contributed by atoms with Crippen molar-refractivity contribution in [3.05, 3.63) is 60.2 Å². The van der Waals surface area contributed by atoms with Gasteiger partial charge in [-0.05, 0) is 38.1 Å². The van der Waals surface area contributed by atoms with Crippen molar-refractivity contribution in [2.24, 2.45) is 0 Å². The van der Waals surface area contributed by atoms with E-state index in [4.69, 9.17) is 4.74 Å². The summed E-state index contributed by atoms with van der Waals surface area (Å²) in [5.41, 5.74) is 1.74. The molecule has 0 spiro atoms. The number of hydrogen-bond donors (Lipinski definition) is 3. The van der Waals surface area contributed by atoms with Gasteiger partial charge in [-0.1, -0.05) is 0 Å². The highest BCUT2D eigenvalue weighted by atomic mass is 19.1. The molecule has 13 heteroatoms. The van der Waals surface area contributed by atoms with Crippen LogP contribution in [0.2, 0.25) is 0 Å². The summed E-state index contributed by atoms with van der Waals surface area (Å²) in [6.45, 7) is 4.90. The Kier molecular flexibility index (Phi) is 7.54. The van der Waals surface area contributed by atoms with Crippen LogP contribution in [0.4, 0.5) is 21.7 Å². The number of hydrogen-bond acceptors (Lipinski definition) is 10. The number of nitrogens with one attached hydrogen (secondary N) is 2. The second-order valence-corrected chi connectivity index (χ2v) is 9.85. The van der Waals surface area contributed by atoms with Gasteiger partial charge in [-0.3, -0.25) is 9.78 Å². The largest absolute Gasteiger partial charge is 0.387 e. The van der Waals surface area contributed by atoms with Crippen molar-refractivity contribution >= 4 is 28.7 Å². The normalized spacial score (nSPS) is 14.5. The Balaban J connectivity index is 1.46. The lowest BCUT2D eigenvalue weighted by Crippen LogP contribution is -2.42. The van der Waals surface area contributed by atoms with E-state index in [0.29, 0.717) is 66.1 Å². The summed E-state index contributed by atoms with van der Waals surface area (Å²) in [5.74, 6) is 0.00131. The van der Waals surface area contributed by atoms with Gasteiger partial charge in [-0.25, -0.2) is 18.9 Å². The molecule has 0 unspecified atom stereocenters. The SMILES string of the molecule is CC(C)(O)[C@H](F)CNC(=O)c1cnc(-c2ccc3cc(C#N)cnn23)cc1Nc1cnc(N2CCOCC2)nc1. The Morgan fingerprint density at radius 2 is 1.93 bits per heavy atom. The number of nitrogens with zero attached hydrogens (tertiary/aromatic N) is 7. The maximum atomic E-state index is 14.3. The molecule has 0 saturated carbocycles. The van der Waals surface area contributed by atoms with E-state index >= 15 is 0 Å². The van der Waals surface area contributed by atoms with Crippen molar-refractivity contribution in [2.75, 3.05) is 43.1 Å². The van der Waals surface area contributed by atoms with E-state index < -0.39 is 17.7 Å². The smallest absolute Gasteiger partial charge is 0.255 e. The maximum absolute atomic E-state index is 14.3. The minimum atomic E-state index is -1.67. The molecule has 0 radical (unpaired) electrons. The molecule has 1 fully saturated rings. The second-order valence-electron chi connectivity index (χ2n) is 9.85. The van der Waals surface area contributed by atoms with E-state index in [9.17, 15) is 19.6 Å². The fourth-order valence-corrected chi connectivity index (χ4v) is 4.13. The summed E-state index contributed by atoms with van der Waals surface area (Å²) < 4.78 is 21.3. The van der Waals surface area contributed by atoms with Crippen molar-refractivity contribution in [3.63, 3.8) is 0 Å². The highest BCUT2D eigenvalue weighted by Crippen LogP contribution is 2.28. The van der Waals surface area contributed by atoms with E-state index in [0.717, 1.165) is 0 Å². The van der Waals surface area contributed by atoms with E-state index in [2.05, 4.69) is 36.8 Å². The molecule has 1 aliphatic rings. The third-order valence-corrected chi connectivity index (χ3v) is 6.46. The van der Waals surface area contributed by atoms with Gasteiger partial charge in [0.1, 0.15) is 12.2 Å². The first-order chi connectivity index (χ1) is 19.2. The average Bonchev–Trinajstić information content (AvgIpc) is 3.39. The number of anilines is 3. The number of rotatable bonds is 8. The lowest BCUT2D eigenvalue weighted by molar-refractivity contribution is -0.00177. The Bertz CT molecular complexity index is 1550. The lowest BCUT2D eigenvalue weighted by Gasteiger charge is -2.26. The number of alkyl halides is 1. The standard InChI is InChI=1S/C27H28FN9O3/c1-27(2,39)24(28)16-31-25(38)20-15-30-22(23-4-3-19-9-17(11-29)12-34-37(19)23)10-21(20)35-18-13-32-26(33-14-18)36-5-7-40-8-6-36/h3-4,9-10,12-15,24,39H,5-8,16H2,1-2H3,(H,30,35)(H,31,38)/t24-/m1/s1. The van der Waals surface area contributed by atoms with Crippen LogP contribution in [-0.2, 0) is 4.74 Å². The third-order valence-electron chi connectivity index (χ3n) is 6.46. The summed E-state index contributed by atoms with van der Waals surface area (Å²) in [4.78, 5) is 28.5. The van der Waals surface area contributed by atoms with Gasteiger partial charge in [0.15, 0.2) is 0 Å². The molecular weight excluding hydrogens is 517 g/mol. The van der Waals surface area contributed by atoms with Crippen LogP contribution in [-0.4, -0.2) is 80.2 Å². The predicted octanol–water partition coefficient (Wildman–Crippen LogP) is 2.48. The zero-order valence-corrected chi connectivity index (χ0v) is 22.0. The number of halogens is 1.